The molecule has 7 heteroatoms. The van der Waals surface area contributed by atoms with Gasteiger partial charge >= 0.3 is 0 Å². The first-order valence-corrected chi connectivity index (χ1v) is 13.1. The molecule has 0 saturated carbocycles. The standard InChI is InChI=1S/C28H31ClN2O3S/c1-18(2)31(28(33)22-8-6-5-7-19(22)3)16-27(32)30-13-11-26-23(12-14-35-26)25(30)17-34-21-9-10-24(29)20(4)15-21/h5-10,12,14-15,18,25H,11,13,16-17H2,1-4H3/t25-/m1/s1. The molecule has 2 aromatic carbocycles. The van der Waals surface area contributed by atoms with Gasteiger partial charge in [0, 0.05) is 28.0 Å². The Bertz CT molecular complexity index is 1220. The van der Waals surface area contributed by atoms with Gasteiger partial charge in [0.15, 0.2) is 0 Å². The second kappa shape index (κ2) is 10.8. The number of benzene rings is 2. The van der Waals surface area contributed by atoms with Crippen molar-refractivity contribution in [3.8, 4) is 5.75 Å². The molecule has 1 atom stereocenters. The molecule has 184 valence electrons. The lowest BCUT2D eigenvalue weighted by Crippen LogP contribution is -2.49. The smallest absolute Gasteiger partial charge is 0.254 e. The Morgan fingerprint density at radius 1 is 1.14 bits per heavy atom. The maximum absolute atomic E-state index is 13.6. The van der Waals surface area contributed by atoms with E-state index in [1.54, 1.807) is 16.2 Å². The van der Waals surface area contributed by atoms with Crippen LogP contribution in [0.2, 0.25) is 5.02 Å². The van der Waals surface area contributed by atoms with Crippen molar-refractivity contribution in [2.75, 3.05) is 19.7 Å². The van der Waals surface area contributed by atoms with Crippen LogP contribution >= 0.6 is 22.9 Å². The zero-order valence-electron chi connectivity index (χ0n) is 20.6. The first-order chi connectivity index (χ1) is 16.8. The summed E-state index contributed by atoms with van der Waals surface area (Å²) in [6.07, 6.45) is 0.808. The fourth-order valence-electron chi connectivity index (χ4n) is 4.45. The van der Waals surface area contributed by atoms with Crippen molar-refractivity contribution in [2.45, 2.75) is 46.2 Å². The second-order valence-electron chi connectivity index (χ2n) is 9.22. The Kier molecular flexibility index (Phi) is 7.82. The van der Waals surface area contributed by atoms with E-state index in [2.05, 4.69) is 11.4 Å². The van der Waals surface area contributed by atoms with E-state index in [1.807, 2.05) is 75.1 Å². The van der Waals surface area contributed by atoms with Gasteiger partial charge in [-0.15, -0.1) is 11.3 Å². The van der Waals surface area contributed by atoms with E-state index in [1.165, 1.54) is 4.88 Å². The van der Waals surface area contributed by atoms with E-state index >= 15 is 0 Å². The number of amides is 2. The Labute approximate surface area is 216 Å². The monoisotopic (exact) mass is 510 g/mol. The number of rotatable bonds is 7. The molecule has 0 spiro atoms. The molecule has 0 fully saturated rings. The van der Waals surface area contributed by atoms with Crippen molar-refractivity contribution < 1.29 is 14.3 Å². The van der Waals surface area contributed by atoms with Gasteiger partial charge in [0.1, 0.15) is 18.9 Å². The first kappa shape index (κ1) is 25.3. The minimum absolute atomic E-state index is 0.0286. The summed E-state index contributed by atoms with van der Waals surface area (Å²) >= 11 is 7.88. The summed E-state index contributed by atoms with van der Waals surface area (Å²) in [6.45, 7) is 8.71. The van der Waals surface area contributed by atoms with Crippen molar-refractivity contribution in [2.24, 2.45) is 0 Å². The van der Waals surface area contributed by atoms with Crippen molar-refractivity contribution >= 4 is 34.8 Å². The number of thiophene rings is 1. The number of nitrogens with zero attached hydrogens (tertiary/aromatic N) is 2. The highest BCUT2D eigenvalue weighted by molar-refractivity contribution is 7.10. The zero-order chi connectivity index (χ0) is 25.1. The highest BCUT2D eigenvalue weighted by Gasteiger charge is 2.34. The number of fused-ring (bicyclic) bond motifs is 1. The molecular formula is C28H31ClN2O3S. The van der Waals surface area contributed by atoms with Gasteiger partial charge in [0.25, 0.3) is 5.91 Å². The predicted molar refractivity (Wildman–Crippen MR) is 142 cm³/mol. The van der Waals surface area contributed by atoms with Crippen LogP contribution in [0.25, 0.3) is 0 Å². The molecule has 0 N–H and O–H groups in total. The van der Waals surface area contributed by atoms with Crippen LogP contribution in [0, 0.1) is 13.8 Å². The summed E-state index contributed by atoms with van der Waals surface area (Å²) in [5, 5.41) is 2.76. The molecule has 3 aromatic rings. The highest BCUT2D eigenvalue weighted by Crippen LogP contribution is 2.34. The Balaban J connectivity index is 1.54. The molecule has 0 radical (unpaired) electrons. The van der Waals surface area contributed by atoms with E-state index in [0.717, 1.165) is 28.9 Å². The average Bonchev–Trinajstić information content (AvgIpc) is 3.32. The summed E-state index contributed by atoms with van der Waals surface area (Å²) in [6, 6.07) is 14.8. The molecule has 0 bridgehead atoms. The van der Waals surface area contributed by atoms with Crippen LogP contribution < -0.4 is 4.74 Å². The molecule has 1 aliphatic rings. The van der Waals surface area contributed by atoms with Gasteiger partial charge in [-0.05, 0) is 86.5 Å². The summed E-state index contributed by atoms with van der Waals surface area (Å²) in [5.41, 5.74) is 3.60. The summed E-state index contributed by atoms with van der Waals surface area (Å²) in [5.74, 6) is 0.530. The molecule has 35 heavy (non-hydrogen) atoms. The van der Waals surface area contributed by atoms with Crippen LogP contribution in [0.15, 0.2) is 53.9 Å². The zero-order valence-corrected chi connectivity index (χ0v) is 22.2. The van der Waals surface area contributed by atoms with Gasteiger partial charge < -0.3 is 14.5 Å². The van der Waals surface area contributed by atoms with E-state index in [-0.39, 0.29) is 30.4 Å². The van der Waals surface area contributed by atoms with Gasteiger partial charge in [-0.3, -0.25) is 9.59 Å². The number of carbonyl (C=O) groups excluding carboxylic acids is 2. The molecule has 1 aliphatic heterocycles. The third kappa shape index (κ3) is 5.54. The topological polar surface area (TPSA) is 49.9 Å². The van der Waals surface area contributed by atoms with Crippen LogP contribution in [0.3, 0.4) is 0 Å². The van der Waals surface area contributed by atoms with Gasteiger partial charge in [0.2, 0.25) is 5.91 Å². The number of halogens is 1. The Hall–Kier alpha value is -2.83. The summed E-state index contributed by atoms with van der Waals surface area (Å²) in [4.78, 5) is 31.8. The van der Waals surface area contributed by atoms with Crippen LogP contribution in [-0.2, 0) is 11.2 Å². The maximum atomic E-state index is 13.6. The quantitative estimate of drug-likeness (QED) is 0.387. The lowest BCUT2D eigenvalue weighted by atomic mass is 10.00. The summed E-state index contributed by atoms with van der Waals surface area (Å²) in [7, 11) is 0. The van der Waals surface area contributed by atoms with Crippen molar-refractivity contribution in [1.82, 2.24) is 9.80 Å². The first-order valence-electron chi connectivity index (χ1n) is 11.9. The minimum Gasteiger partial charge on any atom is -0.491 e. The molecule has 0 saturated heterocycles. The third-order valence-corrected chi connectivity index (χ3v) is 7.94. The van der Waals surface area contributed by atoms with Gasteiger partial charge in [-0.1, -0.05) is 29.8 Å². The lowest BCUT2D eigenvalue weighted by Gasteiger charge is -2.37. The molecule has 0 unspecified atom stereocenters. The minimum atomic E-state index is -0.212. The van der Waals surface area contributed by atoms with Crippen molar-refractivity contribution in [3.05, 3.63) is 86.1 Å². The normalized spacial score (nSPS) is 15.1. The number of hydrogen-bond donors (Lipinski definition) is 0. The molecule has 2 heterocycles. The van der Waals surface area contributed by atoms with Gasteiger partial charge in [-0.25, -0.2) is 0 Å². The van der Waals surface area contributed by atoms with Crippen LogP contribution in [0.4, 0.5) is 0 Å². The Morgan fingerprint density at radius 2 is 1.91 bits per heavy atom. The predicted octanol–water partition coefficient (Wildman–Crippen LogP) is 6.07. The van der Waals surface area contributed by atoms with Gasteiger partial charge in [0.05, 0.1) is 6.04 Å². The second-order valence-corrected chi connectivity index (χ2v) is 10.6. The maximum Gasteiger partial charge on any atom is 0.254 e. The lowest BCUT2D eigenvalue weighted by molar-refractivity contribution is -0.136. The molecular weight excluding hydrogens is 480 g/mol. The number of aryl methyl sites for hydroxylation is 2. The Morgan fingerprint density at radius 3 is 2.63 bits per heavy atom. The average molecular weight is 511 g/mol. The van der Waals surface area contributed by atoms with Crippen LogP contribution in [-0.4, -0.2) is 47.4 Å². The van der Waals surface area contributed by atoms with E-state index < -0.39 is 0 Å². The number of ether oxygens (including phenoxy) is 1. The number of hydrogen-bond acceptors (Lipinski definition) is 4. The largest absolute Gasteiger partial charge is 0.491 e. The fraction of sp³-hybridized carbons (Fsp3) is 0.357. The molecule has 0 aliphatic carbocycles. The molecule has 1 aromatic heterocycles. The van der Waals surface area contributed by atoms with Crippen LogP contribution in [0.1, 0.15) is 51.8 Å². The highest BCUT2D eigenvalue weighted by atomic mass is 35.5. The van der Waals surface area contributed by atoms with Crippen LogP contribution in [0.5, 0.6) is 5.75 Å². The van der Waals surface area contributed by atoms with E-state index in [0.29, 0.717) is 23.7 Å². The van der Waals surface area contributed by atoms with E-state index in [9.17, 15) is 9.59 Å². The van der Waals surface area contributed by atoms with E-state index in [4.69, 9.17) is 16.3 Å². The third-order valence-electron chi connectivity index (χ3n) is 6.52. The van der Waals surface area contributed by atoms with Crippen molar-refractivity contribution in [3.63, 3.8) is 0 Å². The fourth-order valence-corrected chi connectivity index (χ4v) is 5.50. The van der Waals surface area contributed by atoms with Crippen molar-refractivity contribution in [1.29, 1.82) is 0 Å². The molecule has 2 amide bonds. The summed E-state index contributed by atoms with van der Waals surface area (Å²) < 4.78 is 6.14. The molecule has 4 rings (SSSR count). The van der Waals surface area contributed by atoms with Gasteiger partial charge in [-0.2, -0.15) is 0 Å². The SMILES string of the molecule is Cc1cc(OC[C@@H]2c3ccsc3CCN2C(=O)CN(C(=O)c2ccccc2C)C(C)C)ccc1Cl. The molecule has 5 nitrogen and oxygen atoms in total. The number of carbonyl (C=O) groups is 2.